The van der Waals surface area contributed by atoms with E-state index in [1.165, 1.54) is 5.70 Å². The molecular formula is C7H8ClNO3P+. The van der Waals surface area contributed by atoms with Gasteiger partial charge in [0.25, 0.3) is 0 Å². The van der Waals surface area contributed by atoms with Gasteiger partial charge in [-0.15, -0.1) is 9.79 Å². The van der Waals surface area contributed by atoms with E-state index >= 15 is 0 Å². The zero-order chi connectivity index (χ0) is 8.97. The predicted octanol–water partition coefficient (Wildman–Crippen LogP) is -2.32. The molecule has 0 radical (unpaired) electrons. The third-order valence-electron chi connectivity index (χ3n) is 1.33. The van der Waals surface area contributed by atoms with Gasteiger partial charge in [0.15, 0.2) is 12.4 Å². The van der Waals surface area contributed by atoms with Crippen LogP contribution < -0.4 is 12.4 Å². The molecule has 2 aliphatic rings. The van der Waals surface area contributed by atoms with Crippen molar-refractivity contribution < 1.29 is 31.3 Å². The van der Waals surface area contributed by atoms with Crippen molar-refractivity contribution in [3.8, 4) is 0 Å². The largest absolute Gasteiger partial charge is 1.00 e. The fourth-order valence-electron chi connectivity index (χ4n) is 0.918. The Balaban J connectivity index is 0.000000256. The predicted molar refractivity (Wildman–Crippen MR) is 44.7 cm³/mol. The van der Waals surface area contributed by atoms with Gasteiger partial charge in [-0.2, -0.15) is 4.58 Å². The van der Waals surface area contributed by atoms with Crippen LogP contribution in [0.1, 0.15) is 0 Å². The summed E-state index contributed by atoms with van der Waals surface area (Å²) in [6.45, 7) is 0. The molecule has 2 aliphatic heterocycles. The van der Waals surface area contributed by atoms with Crippen molar-refractivity contribution in [1.29, 1.82) is 0 Å². The van der Waals surface area contributed by atoms with Gasteiger partial charge in [-0.05, 0) is 0 Å². The number of nitrogens with zero attached hydrogens (tertiary/aromatic N) is 1. The highest BCUT2D eigenvalue weighted by Gasteiger charge is 2.13. The highest BCUT2D eigenvalue weighted by Crippen LogP contribution is 2.10. The first-order chi connectivity index (χ1) is 5.70. The number of fused-ring (bicyclic) bond motifs is 1. The van der Waals surface area contributed by atoms with Crippen molar-refractivity contribution in [1.82, 2.24) is 0 Å². The first-order valence-corrected chi connectivity index (χ1v) is 4.40. The molecule has 0 unspecified atom stereocenters. The van der Waals surface area contributed by atoms with Crippen LogP contribution in [-0.4, -0.2) is 20.6 Å². The van der Waals surface area contributed by atoms with Crippen molar-refractivity contribution in [3.05, 3.63) is 36.2 Å². The smallest absolute Gasteiger partial charge is 0.692 e. The van der Waals surface area contributed by atoms with Gasteiger partial charge in [-0.1, -0.05) is 0 Å². The topological polar surface area (TPSA) is 60.5 Å². The van der Waals surface area contributed by atoms with Crippen LogP contribution in [0.25, 0.3) is 0 Å². The van der Waals surface area contributed by atoms with Gasteiger partial charge >= 0.3 is 8.25 Å². The maximum atomic E-state index is 8.70. The molecule has 0 atom stereocenters. The minimum atomic E-state index is -2.87. The molecule has 6 heteroatoms. The molecule has 4 nitrogen and oxygen atoms in total. The summed E-state index contributed by atoms with van der Waals surface area (Å²) in [5.74, 6) is 0. The van der Waals surface area contributed by atoms with Gasteiger partial charge < -0.3 is 12.4 Å². The van der Waals surface area contributed by atoms with Crippen LogP contribution in [-0.2, 0) is 4.57 Å². The van der Waals surface area contributed by atoms with Crippen LogP contribution in [0.2, 0.25) is 0 Å². The summed E-state index contributed by atoms with van der Waals surface area (Å²) >= 11 is 0. The molecule has 0 spiro atoms. The normalized spacial score (nSPS) is 14.9. The molecule has 0 bridgehead atoms. The summed E-state index contributed by atoms with van der Waals surface area (Å²) in [5.41, 5.74) is 1.27. The number of allylic oxidation sites excluding steroid dienone is 4. The highest BCUT2D eigenvalue weighted by molar-refractivity contribution is 7.30. The standard InChI is InChI=1S/C7H6N.ClH.HO3P/c1-3-7-4-2-6-8(7)5-1;;1-4(2)3/h1-6H;1H;(H-,1,2,3)/q+1;;. The Labute approximate surface area is 82.6 Å². The van der Waals surface area contributed by atoms with Gasteiger partial charge in [0.05, 0.1) is 0 Å². The Morgan fingerprint density at radius 2 is 1.92 bits per heavy atom. The quantitative estimate of drug-likeness (QED) is 0.356. The number of rotatable bonds is 0. The lowest BCUT2D eigenvalue weighted by Crippen LogP contribution is -3.00. The minimum absolute atomic E-state index is 0. The summed E-state index contributed by atoms with van der Waals surface area (Å²) in [5, 5.41) is 0. The third-order valence-corrected chi connectivity index (χ3v) is 1.33. The Morgan fingerprint density at radius 3 is 2.46 bits per heavy atom. The maximum Gasteiger partial charge on any atom is 0.692 e. The molecule has 2 N–H and O–H groups in total. The monoisotopic (exact) mass is 220 g/mol. The zero-order valence-corrected chi connectivity index (χ0v) is 8.19. The number of hydrogen-bond acceptors (Lipinski definition) is 1. The molecule has 0 aromatic heterocycles. The fraction of sp³-hybridized carbons (Fsp3) is 0. The third kappa shape index (κ3) is 4.10. The molecule has 2 heterocycles. The lowest BCUT2D eigenvalue weighted by atomic mass is 10.4. The average molecular weight is 221 g/mol. The first kappa shape index (κ1) is 12.2. The minimum Gasteiger partial charge on any atom is -1.00 e. The van der Waals surface area contributed by atoms with E-state index in [4.69, 9.17) is 14.4 Å². The molecule has 0 saturated carbocycles. The summed E-state index contributed by atoms with van der Waals surface area (Å²) < 4.78 is 10.8. The molecule has 0 amide bonds. The second-order valence-electron chi connectivity index (χ2n) is 2.10. The Kier molecular flexibility index (Phi) is 5.42. The van der Waals surface area contributed by atoms with Gasteiger partial charge in [-0.25, -0.2) is 0 Å². The average Bonchev–Trinajstić information content (AvgIpc) is 2.40. The Hall–Kier alpha value is -0.800. The van der Waals surface area contributed by atoms with Crippen LogP contribution in [0.5, 0.6) is 0 Å². The van der Waals surface area contributed by atoms with E-state index in [0.29, 0.717) is 0 Å². The lowest BCUT2D eigenvalue weighted by molar-refractivity contribution is -0.380. The maximum absolute atomic E-state index is 8.70. The van der Waals surface area contributed by atoms with E-state index < -0.39 is 8.25 Å². The SMILES string of the molecule is C1=CC2=CC=C[N+]2=C1.O=[P+](O)O.[Cl-]. The second-order valence-corrected chi connectivity index (χ2v) is 2.61. The molecule has 0 aromatic rings. The Bertz CT molecular complexity index is 290. The molecule has 0 fully saturated rings. The van der Waals surface area contributed by atoms with Crippen molar-refractivity contribution in [2.45, 2.75) is 0 Å². The van der Waals surface area contributed by atoms with Gasteiger partial charge in [-0.3, -0.25) is 0 Å². The van der Waals surface area contributed by atoms with E-state index in [1.807, 2.05) is 24.6 Å². The first-order valence-electron chi connectivity index (χ1n) is 3.23. The van der Waals surface area contributed by atoms with Crippen molar-refractivity contribution >= 4 is 14.5 Å². The molecule has 0 saturated heterocycles. The molecule has 0 aromatic carbocycles. The van der Waals surface area contributed by atoms with E-state index in [2.05, 4.69) is 16.7 Å². The Morgan fingerprint density at radius 1 is 1.31 bits per heavy atom. The number of halogens is 1. The molecule has 2 rings (SSSR count). The van der Waals surface area contributed by atoms with E-state index in [0.717, 1.165) is 0 Å². The van der Waals surface area contributed by atoms with E-state index in [9.17, 15) is 0 Å². The van der Waals surface area contributed by atoms with E-state index in [1.54, 1.807) is 0 Å². The van der Waals surface area contributed by atoms with Crippen LogP contribution >= 0.6 is 8.25 Å². The molecule has 0 aliphatic carbocycles. The van der Waals surface area contributed by atoms with Crippen LogP contribution in [0.3, 0.4) is 0 Å². The summed E-state index contributed by atoms with van der Waals surface area (Å²) in [6, 6.07) is 0. The second kappa shape index (κ2) is 5.78. The lowest BCUT2D eigenvalue weighted by Gasteiger charge is -1.79. The summed E-state index contributed by atoms with van der Waals surface area (Å²) in [7, 11) is -2.87. The van der Waals surface area contributed by atoms with Crippen molar-refractivity contribution in [3.63, 3.8) is 0 Å². The van der Waals surface area contributed by atoms with Crippen molar-refractivity contribution in [2.75, 3.05) is 0 Å². The van der Waals surface area contributed by atoms with Crippen molar-refractivity contribution in [2.24, 2.45) is 0 Å². The molecule has 13 heavy (non-hydrogen) atoms. The van der Waals surface area contributed by atoms with E-state index in [-0.39, 0.29) is 12.4 Å². The summed E-state index contributed by atoms with van der Waals surface area (Å²) in [4.78, 5) is 14.2. The molecular weight excluding hydrogens is 213 g/mol. The fourth-order valence-corrected chi connectivity index (χ4v) is 0.918. The van der Waals surface area contributed by atoms with Gasteiger partial charge in [0.2, 0.25) is 5.70 Å². The van der Waals surface area contributed by atoms with Crippen LogP contribution in [0, 0.1) is 0 Å². The van der Waals surface area contributed by atoms with Crippen LogP contribution in [0.15, 0.2) is 36.2 Å². The molecule has 70 valence electrons. The number of hydrogen-bond donors (Lipinski definition) is 2. The zero-order valence-electron chi connectivity index (χ0n) is 6.54. The summed E-state index contributed by atoms with van der Waals surface area (Å²) in [6.07, 6.45) is 12.3. The van der Waals surface area contributed by atoms with Crippen LogP contribution in [0.4, 0.5) is 0 Å². The highest BCUT2D eigenvalue weighted by atomic mass is 35.5. The van der Waals surface area contributed by atoms with Gasteiger partial charge in [0.1, 0.15) is 0 Å². The van der Waals surface area contributed by atoms with Gasteiger partial charge in [0, 0.05) is 28.9 Å².